The number of aromatic nitrogens is 1. The molecule has 2 heterocycles. The molecule has 2 aliphatic rings. The third-order valence-corrected chi connectivity index (χ3v) is 4.83. The predicted octanol–water partition coefficient (Wildman–Crippen LogP) is 3.19. The second kappa shape index (κ2) is 6.61. The van der Waals surface area contributed by atoms with E-state index >= 15 is 0 Å². The van der Waals surface area contributed by atoms with Crippen molar-refractivity contribution in [2.75, 3.05) is 24.5 Å². The van der Waals surface area contributed by atoms with E-state index in [-0.39, 0.29) is 0 Å². The van der Waals surface area contributed by atoms with Crippen molar-refractivity contribution in [2.24, 2.45) is 11.8 Å². The highest BCUT2D eigenvalue weighted by atomic mass is 16.4. The molecule has 0 amide bonds. The Labute approximate surface area is 121 Å². The zero-order chi connectivity index (χ0) is 13.8. The molecule has 2 fully saturated rings. The van der Waals surface area contributed by atoms with E-state index in [2.05, 4.69) is 22.1 Å². The van der Waals surface area contributed by atoms with Gasteiger partial charge in [0.05, 0.1) is 5.69 Å². The standard InChI is InChI=1S/C16H27N3O/c1-2-8-17-10-15-12-20-16(18-15)19-9-7-13-5-3-4-6-14(13)11-19/h12-14,17H,2-11H2,1H3. The number of nitrogens with zero attached hydrogens (tertiary/aromatic N) is 2. The predicted molar refractivity (Wildman–Crippen MR) is 80.8 cm³/mol. The summed E-state index contributed by atoms with van der Waals surface area (Å²) < 4.78 is 5.69. The lowest BCUT2D eigenvalue weighted by atomic mass is 9.75. The minimum Gasteiger partial charge on any atom is -0.432 e. The van der Waals surface area contributed by atoms with Crippen molar-refractivity contribution in [1.29, 1.82) is 0 Å². The van der Waals surface area contributed by atoms with Crippen molar-refractivity contribution in [1.82, 2.24) is 10.3 Å². The van der Waals surface area contributed by atoms with Gasteiger partial charge in [-0.25, -0.2) is 0 Å². The SMILES string of the molecule is CCCNCc1coc(N2CCC3CCCCC3C2)n1. The number of hydrogen-bond acceptors (Lipinski definition) is 4. The summed E-state index contributed by atoms with van der Waals surface area (Å²) in [6, 6.07) is 0.835. The van der Waals surface area contributed by atoms with Gasteiger partial charge in [0.1, 0.15) is 6.26 Å². The van der Waals surface area contributed by atoms with E-state index in [1.165, 1.54) is 32.1 Å². The maximum atomic E-state index is 5.69. The van der Waals surface area contributed by atoms with Crippen molar-refractivity contribution in [3.05, 3.63) is 12.0 Å². The first kappa shape index (κ1) is 13.9. The Hall–Kier alpha value is -1.03. The summed E-state index contributed by atoms with van der Waals surface area (Å²) >= 11 is 0. The van der Waals surface area contributed by atoms with Gasteiger partial charge in [0.25, 0.3) is 6.01 Å². The zero-order valence-corrected chi connectivity index (χ0v) is 12.6. The van der Waals surface area contributed by atoms with Crippen LogP contribution in [0.15, 0.2) is 10.7 Å². The molecule has 2 unspecified atom stereocenters. The molecule has 112 valence electrons. The molecule has 1 aliphatic heterocycles. The van der Waals surface area contributed by atoms with Crippen LogP contribution in [0.1, 0.15) is 51.1 Å². The van der Waals surface area contributed by atoms with Gasteiger partial charge < -0.3 is 14.6 Å². The van der Waals surface area contributed by atoms with Crippen LogP contribution >= 0.6 is 0 Å². The number of oxazole rings is 1. The lowest BCUT2D eigenvalue weighted by Gasteiger charge is -2.40. The Morgan fingerprint density at radius 1 is 1.30 bits per heavy atom. The third kappa shape index (κ3) is 3.17. The molecule has 3 rings (SSSR count). The molecule has 0 spiro atoms. The normalized spacial score (nSPS) is 26.6. The Balaban J connectivity index is 1.56. The fourth-order valence-electron chi connectivity index (χ4n) is 3.69. The molecule has 0 bridgehead atoms. The van der Waals surface area contributed by atoms with Gasteiger partial charge in [0.2, 0.25) is 0 Å². The lowest BCUT2D eigenvalue weighted by molar-refractivity contribution is 0.198. The summed E-state index contributed by atoms with van der Waals surface area (Å²) in [4.78, 5) is 7.00. The average Bonchev–Trinajstić information content (AvgIpc) is 2.96. The first-order valence-electron chi connectivity index (χ1n) is 8.27. The van der Waals surface area contributed by atoms with Crippen LogP contribution in [0.2, 0.25) is 0 Å². The van der Waals surface area contributed by atoms with E-state index in [9.17, 15) is 0 Å². The number of piperidine rings is 1. The lowest BCUT2D eigenvalue weighted by Crippen LogP contribution is -2.42. The summed E-state index contributed by atoms with van der Waals surface area (Å²) in [6.45, 7) is 6.29. The molecule has 0 aromatic carbocycles. The van der Waals surface area contributed by atoms with Crippen LogP contribution in [-0.4, -0.2) is 24.6 Å². The van der Waals surface area contributed by atoms with Crippen LogP contribution in [0.25, 0.3) is 0 Å². The smallest absolute Gasteiger partial charge is 0.297 e. The van der Waals surface area contributed by atoms with Gasteiger partial charge in [-0.05, 0) is 37.6 Å². The van der Waals surface area contributed by atoms with Crippen molar-refractivity contribution >= 4 is 6.01 Å². The van der Waals surface area contributed by atoms with Gasteiger partial charge in [-0.15, -0.1) is 0 Å². The molecular weight excluding hydrogens is 250 g/mol. The van der Waals surface area contributed by atoms with Crippen molar-refractivity contribution in [2.45, 2.75) is 52.0 Å². The maximum absolute atomic E-state index is 5.69. The Morgan fingerprint density at radius 2 is 2.15 bits per heavy atom. The second-order valence-electron chi connectivity index (χ2n) is 6.34. The number of hydrogen-bond donors (Lipinski definition) is 1. The van der Waals surface area contributed by atoms with Gasteiger partial charge in [-0.2, -0.15) is 4.98 Å². The molecule has 20 heavy (non-hydrogen) atoms. The minimum absolute atomic E-state index is 0.817. The molecule has 1 aromatic rings. The minimum atomic E-state index is 0.817. The van der Waals surface area contributed by atoms with E-state index in [1.54, 1.807) is 0 Å². The molecule has 4 heteroatoms. The topological polar surface area (TPSA) is 41.3 Å². The second-order valence-corrected chi connectivity index (χ2v) is 6.34. The molecule has 0 radical (unpaired) electrons. The molecule has 1 aliphatic carbocycles. The maximum Gasteiger partial charge on any atom is 0.297 e. The third-order valence-electron chi connectivity index (χ3n) is 4.83. The Kier molecular flexibility index (Phi) is 4.61. The average molecular weight is 277 g/mol. The van der Waals surface area contributed by atoms with E-state index in [0.29, 0.717) is 0 Å². The van der Waals surface area contributed by atoms with Crippen LogP contribution in [0, 0.1) is 11.8 Å². The number of anilines is 1. The Bertz CT molecular complexity index is 418. The van der Waals surface area contributed by atoms with Crippen molar-refractivity contribution in [3.8, 4) is 0 Å². The first-order valence-corrected chi connectivity index (χ1v) is 8.27. The highest BCUT2D eigenvalue weighted by Crippen LogP contribution is 2.37. The van der Waals surface area contributed by atoms with Crippen LogP contribution in [0.3, 0.4) is 0 Å². The summed E-state index contributed by atoms with van der Waals surface area (Å²) in [5.74, 6) is 1.83. The van der Waals surface area contributed by atoms with Crippen LogP contribution in [0.4, 0.5) is 6.01 Å². The summed E-state index contributed by atoms with van der Waals surface area (Å²) in [6.07, 6.45) is 9.96. The summed E-state index contributed by atoms with van der Waals surface area (Å²) in [5.41, 5.74) is 1.03. The summed E-state index contributed by atoms with van der Waals surface area (Å²) in [5, 5.41) is 3.37. The quantitative estimate of drug-likeness (QED) is 0.839. The van der Waals surface area contributed by atoms with Crippen LogP contribution in [0.5, 0.6) is 0 Å². The van der Waals surface area contributed by atoms with Crippen molar-refractivity contribution in [3.63, 3.8) is 0 Å². The molecule has 1 aromatic heterocycles. The van der Waals surface area contributed by atoms with Gasteiger partial charge in [-0.1, -0.05) is 26.2 Å². The van der Waals surface area contributed by atoms with Gasteiger partial charge in [-0.3, -0.25) is 0 Å². The van der Waals surface area contributed by atoms with Crippen LogP contribution in [-0.2, 0) is 6.54 Å². The molecule has 2 atom stereocenters. The number of nitrogens with one attached hydrogen (secondary N) is 1. The van der Waals surface area contributed by atoms with E-state index in [4.69, 9.17) is 4.42 Å². The number of fused-ring (bicyclic) bond motifs is 1. The highest BCUT2D eigenvalue weighted by molar-refractivity contribution is 5.28. The molecule has 1 N–H and O–H groups in total. The highest BCUT2D eigenvalue weighted by Gasteiger charge is 2.32. The molecule has 1 saturated heterocycles. The first-order chi connectivity index (χ1) is 9.86. The van der Waals surface area contributed by atoms with Gasteiger partial charge >= 0.3 is 0 Å². The molecule has 4 nitrogen and oxygen atoms in total. The monoisotopic (exact) mass is 277 g/mol. The van der Waals surface area contributed by atoms with Gasteiger partial charge in [0, 0.05) is 19.6 Å². The van der Waals surface area contributed by atoms with E-state index in [0.717, 1.165) is 56.1 Å². The van der Waals surface area contributed by atoms with E-state index < -0.39 is 0 Å². The van der Waals surface area contributed by atoms with Gasteiger partial charge in [0.15, 0.2) is 0 Å². The largest absolute Gasteiger partial charge is 0.432 e. The Morgan fingerprint density at radius 3 is 3.00 bits per heavy atom. The van der Waals surface area contributed by atoms with E-state index in [1.807, 2.05) is 6.26 Å². The summed E-state index contributed by atoms with van der Waals surface area (Å²) in [7, 11) is 0. The molecular formula is C16H27N3O. The fourth-order valence-corrected chi connectivity index (χ4v) is 3.69. The number of rotatable bonds is 5. The molecule has 1 saturated carbocycles. The zero-order valence-electron chi connectivity index (χ0n) is 12.6. The van der Waals surface area contributed by atoms with Crippen molar-refractivity contribution < 1.29 is 4.42 Å². The van der Waals surface area contributed by atoms with Crippen LogP contribution < -0.4 is 10.2 Å². The fraction of sp³-hybridized carbons (Fsp3) is 0.812.